The van der Waals surface area contributed by atoms with Crippen molar-refractivity contribution in [1.82, 2.24) is 14.3 Å². The zero-order valence-electron chi connectivity index (χ0n) is 15.3. The van der Waals surface area contributed by atoms with Crippen LogP contribution in [0.3, 0.4) is 0 Å². The minimum Gasteiger partial charge on any atom is -0.444 e. The molecule has 3 aromatic rings. The minimum atomic E-state index is -2.58. The van der Waals surface area contributed by atoms with Gasteiger partial charge in [-0.3, -0.25) is 9.29 Å². The van der Waals surface area contributed by atoms with Gasteiger partial charge in [0, 0.05) is 29.9 Å². The van der Waals surface area contributed by atoms with Crippen molar-refractivity contribution in [1.29, 1.82) is 0 Å². The molecule has 1 aliphatic heterocycles. The summed E-state index contributed by atoms with van der Waals surface area (Å²) in [6.45, 7) is 1.88. The molecule has 0 bridgehead atoms. The number of nitrogens with zero attached hydrogens (tertiary/aromatic N) is 4. The molecule has 0 aromatic carbocycles. The van der Waals surface area contributed by atoms with E-state index in [1.807, 2.05) is 19.1 Å². The van der Waals surface area contributed by atoms with Gasteiger partial charge in [-0.05, 0) is 24.9 Å². The lowest BCUT2D eigenvalue weighted by Crippen LogP contribution is -2.50. The molecule has 0 aliphatic carbocycles. The van der Waals surface area contributed by atoms with Crippen LogP contribution in [0.25, 0.3) is 21.9 Å². The van der Waals surface area contributed by atoms with Crippen molar-refractivity contribution in [3.05, 3.63) is 46.9 Å². The molecule has 0 saturated heterocycles. The van der Waals surface area contributed by atoms with Crippen LogP contribution in [0.2, 0.25) is 5.02 Å². The lowest BCUT2D eigenvalue weighted by Gasteiger charge is -2.36. The minimum absolute atomic E-state index is 0.187. The summed E-state index contributed by atoms with van der Waals surface area (Å²) in [5, 5.41) is 0.542. The molecule has 0 amide bonds. The maximum atomic E-state index is 12.9. The third-order valence-corrected chi connectivity index (χ3v) is 8.61. The molecule has 4 rings (SSSR count). The molecule has 0 radical (unpaired) electrons. The average Bonchev–Trinajstić information content (AvgIpc) is 3.29. The van der Waals surface area contributed by atoms with Crippen LogP contribution in [0.5, 0.6) is 0 Å². The Morgan fingerprint density at radius 2 is 2.14 bits per heavy atom. The largest absolute Gasteiger partial charge is 0.444 e. The number of halogens is 1. The molecule has 10 heteroatoms. The van der Waals surface area contributed by atoms with Gasteiger partial charge in [0.1, 0.15) is 11.8 Å². The predicted octanol–water partition coefficient (Wildman–Crippen LogP) is 3.23. The summed E-state index contributed by atoms with van der Waals surface area (Å²) < 4.78 is 19.7. The second-order valence-corrected chi connectivity index (χ2v) is 10.6. The average molecular weight is 436 g/mol. The highest BCUT2D eigenvalue weighted by atomic mass is 35.5. The Hall–Kier alpha value is -2.36. The number of hydrogen-bond acceptors (Lipinski definition) is 7. The topological polar surface area (TPSA) is 97.6 Å². The van der Waals surface area contributed by atoms with E-state index in [4.69, 9.17) is 21.8 Å². The summed E-state index contributed by atoms with van der Waals surface area (Å²) in [7, 11) is -0.948. The summed E-state index contributed by atoms with van der Waals surface area (Å²) >= 11 is 8.03. The van der Waals surface area contributed by atoms with E-state index in [-0.39, 0.29) is 11.7 Å². The molecular formula is C18H18ClN5O2S2. The van der Waals surface area contributed by atoms with Crippen molar-refractivity contribution >= 4 is 44.5 Å². The van der Waals surface area contributed by atoms with Gasteiger partial charge in [-0.1, -0.05) is 11.6 Å². The maximum absolute atomic E-state index is 12.9. The molecule has 28 heavy (non-hydrogen) atoms. The fourth-order valence-corrected chi connectivity index (χ4v) is 6.48. The Morgan fingerprint density at radius 3 is 2.82 bits per heavy atom. The molecule has 2 atom stereocenters. The van der Waals surface area contributed by atoms with Gasteiger partial charge in [0.05, 0.1) is 37.1 Å². The van der Waals surface area contributed by atoms with Crippen molar-refractivity contribution in [2.24, 2.45) is 10.7 Å². The fraction of sp³-hybridized carbons (Fsp3) is 0.222. The molecule has 146 valence electrons. The van der Waals surface area contributed by atoms with Gasteiger partial charge in [-0.2, -0.15) is 0 Å². The van der Waals surface area contributed by atoms with Gasteiger partial charge in [-0.15, -0.1) is 11.3 Å². The van der Waals surface area contributed by atoms with Crippen LogP contribution < -0.4 is 5.73 Å². The Kier molecular flexibility index (Phi) is 4.48. The molecular weight excluding hydrogens is 418 g/mol. The number of pyridine rings is 1. The second-order valence-electron chi connectivity index (χ2n) is 6.75. The fourth-order valence-electron chi connectivity index (χ4n) is 3.11. The van der Waals surface area contributed by atoms with Crippen molar-refractivity contribution in [3.63, 3.8) is 0 Å². The summed E-state index contributed by atoms with van der Waals surface area (Å²) in [5.41, 5.74) is 6.82. The van der Waals surface area contributed by atoms with Crippen molar-refractivity contribution in [3.8, 4) is 21.9 Å². The molecule has 1 aliphatic rings. The van der Waals surface area contributed by atoms with E-state index in [1.165, 1.54) is 21.9 Å². The van der Waals surface area contributed by atoms with Gasteiger partial charge < -0.3 is 10.2 Å². The maximum Gasteiger partial charge on any atom is 0.227 e. The highest BCUT2D eigenvalue weighted by Crippen LogP contribution is 2.44. The number of guanidine groups is 1. The van der Waals surface area contributed by atoms with Crippen molar-refractivity contribution in [2.45, 2.75) is 12.5 Å². The van der Waals surface area contributed by atoms with E-state index in [2.05, 4.69) is 20.8 Å². The lowest BCUT2D eigenvalue weighted by molar-refractivity contribution is 0.522. The second kappa shape index (κ2) is 6.61. The Morgan fingerprint density at radius 1 is 1.39 bits per heavy atom. The van der Waals surface area contributed by atoms with Gasteiger partial charge in [0.15, 0.2) is 0 Å². The predicted molar refractivity (Wildman–Crippen MR) is 115 cm³/mol. The van der Waals surface area contributed by atoms with E-state index >= 15 is 0 Å². The van der Waals surface area contributed by atoms with Crippen LogP contribution in [0.1, 0.15) is 11.8 Å². The molecule has 0 fully saturated rings. The van der Waals surface area contributed by atoms with Crippen LogP contribution in [0.15, 0.2) is 46.4 Å². The lowest BCUT2D eigenvalue weighted by atomic mass is 10.0. The summed E-state index contributed by atoms with van der Waals surface area (Å²) in [5.74, 6) is 4.75. The first-order chi connectivity index (χ1) is 13.2. The quantitative estimate of drug-likeness (QED) is 0.637. The van der Waals surface area contributed by atoms with Crippen LogP contribution >= 0.6 is 22.9 Å². The van der Waals surface area contributed by atoms with E-state index in [0.717, 1.165) is 20.9 Å². The van der Waals surface area contributed by atoms with Gasteiger partial charge in [-0.25, -0.2) is 14.2 Å². The number of rotatable bonds is 3. The normalized spacial score (nSPS) is 25.0. The number of oxazole rings is 1. The molecule has 7 nitrogen and oxygen atoms in total. The standard InChI is InChI=1S/C18H18ClN5O2S2/c1-18(10-28(3,25)24(2)17(20)23-18)15-13(19)7-14(27-15)11-6-12(9-21-8-11)16-22-4-5-26-16/h4-9H,3,10H2,1-2H3,(H2,20,23)/t18-,28?/m0/s1. The van der Waals surface area contributed by atoms with Crippen molar-refractivity contribution in [2.75, 3.05) is 12.8 Å². The van der Waals surface area contributed by atoms with E-state index in [0.29, 0.717) is 10.9 Å². The number of nitrogens with two attached hydrogens (primary N) is 1. The highest BCUT2D eigenvalue weighted by molar-refractivity contribution is 7.98. The van der Waals surface area contributed by atoms with Crippen LogP contribution in [0.4, 0.5) is 0 Å². The van der Waals surface area contributed by atoms with Gasteiger partial charge in [0.25, 0.3) is 0 Å². The first-order valence-corrected chi connectivity index (χ1v) is 11.3. The molecule has 0 saturated carbocycles. The van der Waals surface area contributed by atoms with Crippen LogP contribution in [-0.4, -0.2) is 43.1 Å². The molecule has 0 spiro atoms. The number of aliphatic imine (C=N–C) groups is 1. The molecule has 3 aromatic heterocycles. The SMILES string of the molecule is C=S1(=O)C[C@@](C)(c2sc(-c3cncc(-c4ncco4)c3)cc2Cl)N=C(N)N1C. The molecule has 1 unspecified atom stereocenters. The van der Waals surface area contributed by atoms with E-state index in [9.17, 15) is 4.21 Å². The van der Waals surface area contributed by atoms with Gasteiger partial charge >= 0.3 is 0 Å². The number of hydrogen-bond donors (Lipinski definition) is 1. The highest BCUT2D eigenvalue weighted by Gasteiger charge is 2.39. The Bertz CT molecular complexity index is 1170. The molecule has 4 heterocycles. The number of thiophene rings is 1. The third-order valence-electron chi connectivity index (χ3n) is 4.57. The first-order valence-electron chi connectivity index (χ1n) is 8.29. The van der Waals surface area contributed by atoms with Crippen molar-refractivity contribution < 1.29 is 8.63 Å². The Labute approximate surface area is 172 Å². The van der Waals surface area contributed by atoms with E-state index < -0.39 is 15.2 Å². The monoisotopic (exact) mass is 435 g/mol. The van der Waals surface area contributed by atoms with E-state index in [1.54, 1.807) is 25.6 Å². The van der Waals surface area contributed by atoms with Crippen LogP contribution in [0, 0.1) is 0 Å². The number of aromatic nitrogens is 2. The smallest absolute Gasteiger partial charge is 0.227 e. The van der Waals surface area contributed by atoms with Crippen LogP contribution in [-0.2, 0) is 15.2 Å². The third kappa shape index (κ3) is 3.19. The zero-order valence-corrected chi connectivity index (χ0v) is 17.6. The molecule has 2 N–H and O–H groups in total. The zero-order chi connectivity index (χ0) is 20.1. The Balaban J connectivity index is 1.77. The summed E-state index contributed by atoms with van der Waals surface area (Å²) in [6, 6.07) is 3.79. The first kappa shape index (κ1) is 19.0. The van der Waals surface area contributed by atoms with Gasteiger partial charge in [0.2, 0.25) is 11.9 Å². The summed E-state index contributed by atoms with van der Waals surface area (Å²) in [4.78, 5) is 14.7. The summed E-state index contributed by atoms with van der Waals surface area (Å²) in [6.07, 6.45) is 6.54.